The van der Waals surface area contributed by atoms with Crippen LogP contribution in [0.4, 0.5) is 10.8 Å². The Kier molecular flexibility index (Phi) is 4.48. The summed E-state index contributed by atoms with van der Waals surface area (Å²) in [5.41, 5.74) is 2.97. The second-order valence-corrected chi connectivity index (χ2v) is 9.25. The molecule has 0 amide bonds. The fourth-order valence-corrected chi connectivity index (χ4v) is 4.14. The van der Waals surface area contributed by atoms with E-state index < -0.39 is 15.7 Å². The molecular formula is C16H20N4O3S2. The molecule has 1 unspecified atom stereocenters. The summed E-state index contributed by atoms with van der Waals surface area (Å²) in [5, 5.41) is 5.42. The van der Waals surface area contributed by atoms with Gasteiger partial charge < -0.3 is 10.2 Å². The third kappa shape index (κ3) is 3.63. The van der Waals surface area contributed by atoms with E-state index in [4.69, 9.17) is 4.84 Å². The summed E-state index contributed by atoms with van der Waals surface area (Å²) in [6.07, 6.45) is 5.04. The average Bonchev–Trinajstić information content (AvgIpc) is 3.19. The normalized spacial score (nSPS) is 20.3. The van der Waals surface area contributed by atoms with Crippen LogP contribution in [0.5, 0.6) is 0 Å². The van der Waals surface area contributed by atoms with Gasteiger partial charge in [-0.05, 0) is 30.3 Å². The number of sulfonamides is 1. The number of anilines is 2. The molecule has 9 heteroatoms. The Bertz CT molecular complexity index is 856. The third-order valence-electron chi connectivity index (χ3n) is 3.95. The van der Waals surface area contributed by atoms with Gasteiger partial charge in [0, 0.05) is 22.7 Å². The van der Waals surface area contributed by atoms with Gasteiger partial charge in [-0.15, -0.1) is 16.8 Å². The van der Waals surface area contributed by atoms with E-state index in [-0.39, 0.29) is 10.3 Å². The van der Waals surface area contributed by atoms with Crippen LogP contribution >= 0.6 is 11.3 Å². The Labute approximate surface area is 151 Å². The molecule has 2 aromatic rings. The molecule has 1 atom stereocenters. The van der Waals surface area contributed by atoms with Gasteiger partial charge in [-0.1, -0.05) is 20.8 Å². The molecule has 7 nitrogen and oxygen atoms in total. The van der Waals surface area contributed by atoms with Crippen LogP contribution in [0.2, 0.25) is 0 Å². The predicted octanol–water partition coefficient (Wildman–Crippen LogP) is 3.15. The Morgan fingerprint density at radius 2 is 1.96 bits per heavy atom. The largest absolute Gasteiger partial charge is 0.414 e. The van der Waals surface area contributed by atoms with Gasteiger partial charge in [-0.3, -0.25) is 4.72 Å². The minimum atomic E-state index is -3.66. The molecule has 0 aliphatic carbocycles. The van der Waals surface area contributed by atoms with Crippen LogP contribution in [0.25, 0.3) is 0 Å². The first-order valence-electron chi connectivity index (χ1n) is 7.63. The van der Waals surface area contributed by atoms with Gasteiger partial charge in [0.2, 0.25) is 0 Å². The summed E-state index contributed by atoms with van der Waals surface area (Å²) >= 11 is 1.23. The highest BCUT2D eigenvalue weighted by Gasteiger charge is 2.43. The Hall–Kier alpha value is -2.10. The van der Waals surface area contributed by atoms with Crippen LogP contribution < -0.4 is 15.5 Å². The van der Waals surface area contributed by atoms with Gasteiger partial charge >= 0.3 is 0 Å². The summed E-state index contributed by atoms with van der Waals surface area (Å²) in [5.74, 6) is 0. The van der Waals surface area contributed by atoms with Gasteiger partial charge in [0.15, 0.2) is 5.13 Å². The number of hydrogen-bond acceptors (Lipinski definition) is 7. The van der Waals surface area contributed by atoms with Crippen molar-refractivity contribution < 1.29 is 13.3 Å². The van der Waals surface area contributed by atoms with Crippen molar-refractivity contribution in [3.63, 3.8) is 0 Å². The van der Waals surface area contributed by atoms with Gasteiger partial charge in [0.25, 0.3) is 10.0 Å². The number of hydrogen-bond donors (Lipinski definition) is 3. The van der Waals surface area contributed by atoms with Gasteiger partial charge in [0.1, 0.15) is 11.9 Å². The lowest BCUT2D eigenvalue weighted by Crippen LogP contribution is -2.56. The maximum Gasteiger partial charge on any atom is 0.263 e. The van der Waals surface area contributed by atoms with E-state index in [1.165, 1.54) is 11.3 Å². The molecule has 25 heavy (non-hydrogen) atoms. The monoisotopic (exact) mass is 380 g/mol. The first-order valence-corrected chi connectivity index (χ1v) is 9.99. The molecular weight excluding hydrogens is 360 g/mol. The fourth-order valence-electron chi connectivity index (χ4n) is 2.35. The number of nitrogens with zero attached hydrogens (tertiary/aromatic N) is 1. The average molecular weight is 380 g/mol. The number of nitrogens with one attached hydrogen (secondary N) is 3. The van der Waals surface area contributed by atoms with Crippen LogP contribution in [0.1, 0.15) is 20.8 Å². The molecule has 0 fully saturated rings. The predicted molar refractivity (Wildman–Crippen MR) is 98.5 cm³/mol. The SMILES string of the molecule is CC(C)(C)C1(Nc2ccc(S(=O)(=O)Nc3nccs3)cc2)C=CON1. The standard InChI is InChI=1S/C16H20N4O3S2/c1-15(2,3)16(8-10-23-20-16)18-12-4-6-13(7-5-12)25(21,22)19-14-17-9-11-24-14/h4-11,18,20H,1-3H3,(H,17,19). The zero-order valence-electron chi connectivity index (χ0n) is 14.1. The smallest absolute Gasteiger partial charge is 0.263 e. The van der Waals surface area contributed by atoms with E-state index in [2.05, 4.69) is 41.3 Å². The molecule has 0 saturated carbocycles. The molecule has 134 valence electrons. The van der Waals surface area contributed by atoms with Crippen molar-refractivity contribution in [2.24, 2.45) is 5.41 Å². The van der Waals surface area contributed by atoms with E-state index in [1.54, 1.807) is 42.1 Å². The molecule has 3 N–H and O–H groups in total. The van der Waals surface area contributed by atoms with E-state index in [0.717, 1.165) is 5.69 Å². The van der Waals surface area contributed by atoms with Crippen LogP contribution in [-0.4, -0.2) is 19.1 Å². The lowest BCUT2D eigenvalue weighted by molar-refractivity contribution is 0.0561. The second-order valence-electron chi connectivity index (χ2n) is 6.67. The first kappa shape index (κ1) is 17.7. The molecule has 0 saturated heterocycles. The number of benzene rings is 1. The summed E-state index contributed by atoms with van der Waals surface area (Å²) in [7, 11) is -3.66. The summed E-state index contributed by atoms with van der Waals surface area (Å²) in [6.45, 7) is 6.22. The van der Waals surface area contributed by atoms with E-state index in [0.29, 0.717) is 5.13 Å². The number of aromatic nitrogens is 1. The first-order chi connectivity index (χ1) is 11.7. The van der Waals surface area contributed by atoms with E-state index >= 15 is 0 Å². The lowest BCUT2D eigenvalue weighted by Gasteiger charge is -2.40. The van der Waals surface area contributed by atoms with Crippen LogP contribution in [0.15, 0.2) is 53.1 Å². The fraction of sp³-hybridized carbons (Fsp3) is 0.312. The lowest BCUT2D eigenvalue weighted by atomic mass is 9.81. The quantitative estimate of drug-likeness (QED) is 0.738. The van der Waals surface area contributed by atoms with Crippen molar-refractivity contribution >= 4 is 32.2 Å². The molecule has 0 spiro atoms. The molecule has 3 rings (SSSR count). The van der Waals surface area contributed by atoms with E-state index in [1.807, 2.05) is 6.08 Å². The van der Waals surface area contributed by atoms with Crippen molar-refractivity contribution in [1.82, 2.24) is 10.5 Å². The highest BCUT2D eigenvalue weighted by molar-refractivity contribution is 7.93. The summed E-state index contributed by atoms with van der Waals surface area (Å²) in [6, 6.07) is 6.54. The van der Waals surface area contributed by atoms with Crippen LogP contribution in [0.3, 0.4) is 0 Å². The summed E-state index contributed by atoms with van der Waals surface area (Å²) < 4.78 is 27.2. The number of hydroxylamine groups is 1. The maximum absolute atomic E-state index is 12.4. The van der Waals surface area contributed by atoms with Crippen LogP contribution in [0, 0.1) is 5.41 Å². The highest BCUT2D eigenvalue weighted by Crippen LogP contribution is 2.35. The third-order valence-corrected chi connectivity index (χ3v) is 6.12. The zero-order chi connectivity index (χ0) is 18.1. The van der Waals surface area contributed by atoms with Crippen molar-refractivity contribution in [2.45, 2.75) is 31.3 Å². The van der Waals surface area contributed by atoms with Gasteiger partial charge in [-0.25, -0.2) is 13.4 Å². The summed E-state index contributed by atoms with van der Waals surface area (Å²) in [4.78, 5) is 9.30. The Morgan fingerprint density at radius 1 is 1.24 bits per heavy atom. The molecule has 1 aliphatic heterocycles. The van der Waals surface area contributed by atoms with Gasteiger partial charge in [0.05, 0.1) is 4.90 Å². The Morgan fingerprint density at radius 3 is 2.48 bits per heavy atom. The maximum atomic E-state index is 12.4. The number of thiazole rings is 1. The molecule has 1 aliphatic rings. The second kappa shape index (κ2) is 6.32. The minimum absolute atomic E-state index is 0.171. The van der Waals surface area contributed by atoms with E-state index in [9.17, 15) is 8.42 Å². The molecule has 2 heterocycles. The van der Waals surface area contributed by atoms with Crippen molar-refractivity contribution in [1.29, 1.82) is 0 Å². The van der Waals surface area contributed by atoms with Crippen molar-refractivity contribution in [2.75, 3.05) is 10.0 Å². The zero-order valence-corrected chi connectivity index (χ0v) is 15.7. The number of rotatable bonds is 5. The molecule has 1 aromatic carbocycles. The van der Waals surface area contributed by atoms with Crippen molar-refractivity contribution in [3.8, 4) is 0 Å². The molecule has 0 radical (unpaired) electrons. The highest BCUT2D eigenvalue weighted by atomic mass is 32.2. The Balaban J connectivity index is 1.79. The molecule has 0 bridgehead atoms. The molecule has 1 aromatic heterocycles. The van der Waals surface area contributed by atoms with Crippen molar-refractivity contribution in [3.05, 3.63) is 48.2 Å². The van der Waals surface area contributed by atoms with Crippen LogP contribution in [-0.2, 0) is 14.9 Å². The van der Waals surface area contributed by atoms with Gasteiger partial charge in [-0.2, -0.15) is 0 Å². The topological polar surface area (TPSA) is 92.4 Å². The minimum Gasteiger partial charge on any atom is -0.414 e.